The molecule has 0 radical (unpaired) electrons. The Morgan fingerprint density at radius 3 is 2.79 bits per heavy atom. The second kappa shape index (κ2) is 7.44. The molecule has 0 fully saturated rings. The van der Waals surface area contributed by atoms with Crippen molar-refractivity contribution >= 4 is 28.4 Å². The van der Waals surface area contributed by atoms with Gasteiger partial charge >= 0.3 is 0 Å². The maximum Gasteiger partial charge on any atom is 0.139 e. The number of rotatable bonds is 5. The predicted octanol–water partition coefficient (Wildman–Crippen LogP) is 5.11. The second-order valence-electron chi connectivity index (χ2n) is 6.23. The largest absolute Gasteiger partial charge is 0.510 e. The van der Waals surface area contributed by atoms with E-state index >= 15 is 0 Å². The number of hydrogen-bond acceptors (Lipinski definition) is 5. The molecule has 1 aliphatic heterocycles. The van der Waals surface area contributed by atoms with Crippen molar-refractivity contribution in [2.24, 2.45) is 0 Å². The quantitative estimate of drug-likeness (QED) is 0.629. The molecule has 2 heterocycles. The minimum absolute atomic E-state index is 0.104. The van der Waals surface area contributed by atoms with E-state index in [-0.39, 0.29) is 24.0 Å². The van der Waals surface area contributed by atoms with E-state index in [9.17, 15) is 9.50 Å². The lowest BCUT2D eigenvalue weighted by Gasteiger charge is -2.19. The van der Waals surface area contributed by atoms with Crippen molar-refractivity contribution in [1.29, 1.82) is 5.41 Å². The summed E-state index contributed by atoms with van der Waals surface area (Å²) in [5, 5.41) is 21.5. The van der Waals surface area contributed by atoms with Crippen molar-refractivity contribution in [3.05, 3.63) is 70.5 Å². The SMILES string of the molecule is CCOc1cccc(N2CC(O)=C(c3nc(-c4ccc(F)cc4)cs3)C2=N)c1. The topological polar surface area (TPSA) is 69.4 Å². The van der Waals surface area contributed by atoms with Crippen LogP contribution in [0.25, 0.3) is 16.8 Å². The lowest BCUT2D eigenvalue weighted by molar-refractivity contribution is 0.340. The monoisotopic (exact) mass is 395 g/mol. The molecule has 142 valence electrons. The zero-order valence-corrected chi connectivity index (χ0v) is 16.0. The molecule has 0 bridgehead atoms. The van der Waals surface area contributed by atoms with E-state index in [2.05, 4.69) is 4.98 Å². The first kappa shape index (κ1) is 18.2. The molecule has 7 heteroatoms. The van der Waals surface area contributed by atoms with Gasteiger partial charge in [-0.05, 0) is 43.3 Å². The molecule has 0 aliphatic carbocycles. The predicted molar refractivity (Wildman–Crippen MR) is 110 cm³/mol. The number of halogens is 1. The van der Waals surface area contributed by atoms with Crippen LogP contribution in [0.15, 0.2) is 59.7 Å². The minimum atomic E-state index is -0.304. The number of aromatic nitrogens is 1. The maximum absolute atomic E-state index is 13.1. The number of anilines is 1. The van der Waals surface area contributed by atoms with Crippen LogP contribution in [0.2, 0.25) is 0 Å². The van der Waals surface area contributed by atoms with Gasteiger partial charge in [0, 0.05) is 22.7 Å². The average molecular weight is 395 g/mol. The smallest absolute Gasteiger partial charge is 0.139 e. The first-order valence-corrected chi connectivity index (χ1v) is 9.68. The van der Waals surface area contributed by atoms with Gasteiger partial charge in [0.05, 0.1) is 24.4 Å². The van der Waals surface area contributed by atoms with Gasteiger partial charge in [-0.15, -0.1) is 11.3 Å². The number of hydrogen-bond donors (Lipinski definition) is 2. The molecule has 3 aromatic rings. The molecule has 0 atom stereocenters. The number of thiazole rings is 1. The molecule has 4 rings (SSSR count). The Morgan fingerprint density at radius 1 is 1.25 bits per heavy atom. The van der Waals surface area contributed by atoms with Crippen LogP contribution in [0.4, 0.5) is 10.1 Å². The molecule has 0 saturated carbocycles. The fourth-order valence-electron chi connectivity index (χ4n) is 3.07. The van der Waals surface area contributed by atoms with Crippen LogP contribution in [0.5, 0.6) is 5.75 Å². The summed E-state index contributed by atoms with van der Waals surface area (Å²) in [7, 11) is 0. The highest BCUT2D eigenvalue weighted by Gasteiger charge is 2.31. The van der Waals surface area contributed by atoms with Crippen molar-refractivity contribution in [3.8, 4) is 17.0 Å². The zero-order valence-electron chi connectivity index (χ0n) is 15.1. The molecule has 2 N–H and O–H groups in total. The van der Waals surface area contributed by atoms with Gasteiger partial charge in [-0.3, -0.25) is 5.41 Å². The number of ether oxygens (including phenoxy) is 1. The fourth-order valence-corrected chi connectivity index (χ4v) is 3.97. The number of amidine groups is 1. The Morgan fingerprint density at radius 2 is 2.04 bits per heavy atom. The molecule has 0 spiro atoms. The summed E-state index contributed by atoms with van der Waals surface area (Å²) in [6.45, 7) is 2.67. The van der Waals surface area contributed by atoms with E-state index in [0.717, 1.165) is 11.3 Å². The van der Waals surface area contributed by atoms with E-state index in [4.69, 9.17) is 10.1 Å². The summed E-state index contributed by atoms with van der Waals surface area (Å²) in [6, 6.07) is 13.5. The molecule has 1 aliphatic rings. The first-order valence-electron chi connectivity index (χ1n) is 8.80. The fraction of sp³-hybridized carbons (Fsp3) is 0.143. The molecule has 0 amide bonds. The van der Waals surface area contributed by atoms with Gasteiger partial charge in [0.15, 0.2) is 0 Å². The lowest BCUT2D eigenvalue weighted by Crippen LogP contribution is -2.26. The van der Waals surface area contributed by atoms with Crippen LogP contribution in [0.3, 0.4) is 0 Å². The maximum atomic E-state index is 13.1. The number of benzene rings is 2. The van der Waals surface area contributed by atoms with Crippen LogP contribution in [-0.4, -0.2) is 29.1 Å². The molecular formula is C21H18FN3O2S. The lowest BCUT2D eigenvalue weighted by atomic mass is 10.2. The zero-order chi connectivity index (χ0) is 19.7. The summed E-state index contributed by atoms with van der Waals surface area (Å²) in [4.78, 5) is 6.27. The van der Waals surface area contributed by atoms with Crippen molar-refractivity contribution in [1.82, 2.24) is 4.98 Å². The number of nitrogens with one attached hydrogen (secondary N) is 1. The van der Waals surface area contributed by atoms with Crippen molar-refractivity contribution in [2.45, 2.75) is 6.92 Å². The van der Waals surface area contributed by atoms with E-state index in [1.54, 1.807) is 17.0 Å². The highest BCUT2D eigenvalue weighted by Crippen LogP contribution is 2.35. The van der Waals surface area contributed by atoms with Gasteiger partial charge in [0.2, 0.25) is 0 Å². The van der Waals surface area contributed by atoms with Crippen LogP contribution in [0, 0.1) is 11.2 Å². The molecule has 5 nitrogen and oxygen atoms in total. The Balaban J connectivity index is 1.61. The van der Waals surface area contributed by atoms with Crippen molar-refractivity contribution in [2.75, 3.05) is 18.1 Å². The molecule has 2 aromatic carbocycles. The molecule has 1 aromatic heterocycles. The Kier molecular flexibility index (Phi) is 4.83. The first-order chi connectivity index (χ1) is 13.6. The minimum Gasteiger partial charge on any atom is -0.510 e. The second-order valence-corrected chi connectivity index (χ2v) is 7.09. The van der Waals surface area contributed by atoms with Gasteiger partial charge in [-0.25, -0.2) is 9.37 Å². The van der Waals surface area contributed by atoms with Crippen LogP contribution in [0.1, 0.15) is 11.9 Å². The van der Waals surface area contributed by atoms with Gasteiger partial charge in [-0.2, -0.15) is 0 Å². The van der Waals surface area contributed by atoms with Crippen LogP contribution < -0.4 is 9.64 Å². The van der Waals surface area contributed by atoms with E-state index < -0.39 is 0 Å². The molecule has 0 saturated heterocycles. The van der Waals surface area contributed by atoms with Gasteiger partial charge in [-0.1, -0.05) is 6.07 Å². The molecule has 28 heavy (non-hydrogen) atoms. The third-order valence-electron chi connectivity index (χ3n) is 4.40. The summed E-state index contributed by atoms with van der Waals surface area (Å²) >= 11 is 1.35. The molecular weight excluding hydrogens is 377 g/mol. The highest BCUT2D eigenvalue weighted by molar-refractivity contribution is 7.11. The Bertz CT molecular complexity index is 1060. The Hall–Kier alpha value is -3.19. The van der Waals surface area contributed by atoms with E-state index in [1.165, 1.54) is 23.5 Å². The number of aliphatic hydroxyl groups is 1. The van der Waals surface area contributed by atoms with Gasteiger partial charge < -0.3 is 14.7 Å². The van der Waals surface area contributed by atoms with E-state index in [0.29, 0.717) is 28.6 Å². The highest BCUT2D eigenvalue weighted by atomic mass is 32.1. The number of aliphatic hydroxyl groups excluding tert-OH is 1. The summed E-state index contributed by atoms with van der Waals surface area (Å²) < 4.78 is 18.7. The normalized spacial score (nSPS) is 14.1. The van der Waals surface area contributed by atoms with Gasteiger partial charge in [0.1, 0.15) is 28.2 Å². The average Bonchev–Trinajstić information content (AvgIpc) is 3.27. The third kappa shape index (κ3) is 3.36. The van der Waals surface area contributed by atoms with Crippen LogP contribution >= 0.6 is 11.3 Å². The summed E-state index contributed by atoms with van der Waals surface area (Å²) in [5.41, 5.74) is 2.66. The summed E-state index contributed by atoms with van der Waals surface area (Å²) in [6.07, 6.45) is 0. The third-order valence-corrected chi connectivity index (χ3v) is 5.26. The van der Waals surface area contributed by atoms with Crippen LogP contribution in [-0.2, 0) is 0 Å². The van der Waals surface area contributed by atoms with E-state index in [1.807, 2.05) is 36.6 Å². The van der Waals surface area contributed by atoms with Crippen molar-refractivity contribution < 1.29 is 14.2 Å². The molecule has 0 unspecified atom stereocenters. The van der Waals surface area contributed by atoms with Crippen molar-refractivity contribution in [3.63, 3.8) is 0 Å². The number of nitrogens with zero attached hydrogens (tertiary/aromatic N) is 2. The standard InChI is InChI=1S/C21H18FN3O2S/c1-2-27-16-5-3-4-15(10-16)25-11-18(26)19(20(25)23)21-24-17(12-28-21)13-6-8-14(22)9-7-13/h3-10,12,23,26H,2,11H2,1H3. The summed E-state index contributed by atoms with van der Waals surface area (Å²) in [5.74, 6) is 0.702. The van der Waals surface area contributed by atoms with Gasteiger partial charge in [0.25, 0.3) is 0 Å². The Labute approximate surface area is 165 Å².